The van der Waals surface area contributed by atoms with E-state index in [2.05, 4.69) is 10.2 Å². The quantitative estimate of drug-likeness (QED) is 0.750. The van der Waals surface area contributed by atoms with Crippen molar-refractivity contribution < 1.29 is 17.2 Å². The van der Waals surface area contributed by atoms with Gasteiger partial charge in [0, 0.05) is 24.6 Å². The van der Waals surface area contributed by atoms with Gasteiger partial charge in [-0.15, -0.1) is 10.2 Å². The van der Waals surface area contributed by atoms with Gasteiger partial charge in [-0.2, -0.15) is 0 Å². The summed E-state index contributed by atoms with van der Waals surface area (Å²) in [6.07, 6.45) is 4.17. The van der Waals surface area contributed by atoms with Crippen LogP contribution >= 0.6 is 0 Å². The van der Waals surface area contributed by atoms with E-state index < -0.39 is 10.0 Å². The number of rotatable bonds is 6. The standard InChI is InChI=1S/C19H24FN3O3S/c1-2-3-11-27(24,25)23-9-7-19(8-10-23)13-16(19)18-22-21-17(26-18)14-5-4-6-15(20)12-14/h4-6,12,16H,2-3,7-11,13H2,1H3. The highest BCUT2D eigenvalue weighted by molar-refractivity contribution is 7.89. The lowest BCUT2D eigenvalue weighted by molar-refractivity contribution is 0.246. The summed E-state index contributed by atoms with van der Waals surface area (Å²) >= 11 is 0. The highest BCUT2D eigenvalue weighted by Gasteiger charge is 2.58. The number of sulfonamides is 1. The van der Waals surface area contributed by atoms with E-state index in [0.29, 0.717) is 36.9 Å². The molecule has 0 amide bonds. The largest absolute Gasteiger partial charge is 0.420 e. The third-order valence-electron chi connectivity index (χ3n) is 5.87. The molecule has 2 heterocycles. The number of hydrogen-bond acceptors (Lipinski definition) is 5. The summed E-state index contributed by atoms with van der Waals surface area (Å²) in [5.74, 6) is 0.975. The Balaban J connectivity index is 1.41. The highest BCUT2D eigenvalue weighted by atomic mass is 32.2. The maximum atomic E-state index is 13.4. The predicted molar refractivity (Wildman–Crippen MR) is 99.0 cm³/mol. The fraction of sp³-hybridized carbons (Fsp3) is 0.579. The molecule has 1 saturated carbocycles. The van der Waals surface area contributed by atoms with Crippen LogP contribution in [0.25, 0.3) is 11.5 Å². The zero-order chi connectivity index (χ0) is 19.1. The van der Waals surface area contributed by atoms with Gasteiger partial charge in [0.25, 0.3) is 0 Å². The number of halogens is 1. The molecule has 1 spiro atoms. The van der Waals surface area contributed by atoms with Gasteiger partial charge in [-0.25, -0.2) is 17.1 Å². The summed E-state index contributed by atoms with van der Waals surface area (Å²) in [5, 5.41) is 8.24. The first kappa shape index (κ1) is 18.6. The van der Waals surface area contributed by atoms with E-state index in [9.17, 15) is 12.8 Å². The smallest absolute Gasteiger partial charge is 0.247 e. The fourth-order valence-corrected chi connectivity index (χ4v) is 5.68. The van der Waals surface area contributed by atoms with Gasteiger partial charge in [0.05, 0.1) is 5.75 Å². The van der Waals surface area contributed by atoms with Crippen LogP contribution in [0.15, 0.2) is 28.7 Å². The van der Waals surface area contributed by atoms with Gasteiger partial charge < -0.3 is 4.42 Å². The van der Waals surface area contributed by atoms with Gasteiger partial charge in [-0.1, -0.05) is 19.4 Å². The summed E-state index contributed by atoms with van der Waals surface area (Å²) in [7, 11) is -3.14. The van der Waals surface area contributed by atoms with Crippen molar-refractivity contribution in [3.05, 3.63) is 36.0 Å². The number of hydrogen-bond donors (Lipinski definition) is 0. The molecule has 6 nitrogen and oxygen atoms in total. The zero-order valence-electron chi connectivity index (χ0n) is 15.4. The molecule has 0 radical (unpaired) electrons. The van der Waals surface area contributed by atoms with E-state index in [1.165, 1.54) is 12.1 Å². The monoisotopic (exact) mass is 393 g/mol. The molecule has 1 aliphatic heterocycles. The highest BCUT2D eigenvalue weighted by Crippen LogP contribution is 2.64. The maximum Gasteiger partial charge on any atom is 0.247 e. The third kappa shape index (κ3) is 3.65. The van der Waals surface area contributed by atoms with Gasteiger partial charge in [-0.3, -0.25) is 0 Å². The number of nitrogens with zero attached hydrogens (tertiary/aromatic N) is 3. The van der Waals surface area contributed by atoms with Gasteiger partial charge >= 0.3 is 0 Å². The number of piperidine rings is 1. The predicted octanol–water partition coefficient (Wildman–Crippen LogP) is 3.58. The molecule has 146 valence electrons. The molecule has 2 aliphatic rings. The Bertz CT molecular complexity index is 920. The number of benzene rings is 1. The summed E-state index contributed by atoms with van der Waals surface area (Å²) in [5.41, 5.74) is 0.642. The van der Waals surface area contributed by atoms with Crippen molar-refractivity contribution in [1.82, 2.24) is 14.5 Å². The number of unbranched alkanes of at least 4 members (excludes halogenated alkanes) is 1. The van der Waals surface area contributed by atoms with Gasteiger partial charge in [0.15, 0.2) is 0 Å². The van der Waals surface area contributed by atoms with Crippen molar-refractivity contribution in [2.24, 2.45) is 5.41 Å². The van der Waals surface area contributed by atoms with E-state index in [1.54, 1.807) is 16.4 Å². The molecule has 1 atom stereocenters. The molecule has 1 aliphatic carbocycles. The normalized spacial score (nSPS) is 22.2. The molecule has 0 N–H and O–H groups in total. The Kier molecular flexibility index (Phi) is 4.80. The second kappa shape index (κ2) is 6.98. The second-order valence-corrected chi connectivity index (χ2v) is 9.73. The molecule has 2 fully saturated rings. The van der Waals surface area contributed by atoms with Crippen LogP contribution < -0.4 is 0 Å². The summed E-state index contributed by atoms with van der Waals surface area (Å²) < 4.78 is 45.6. The lowest BCUT2D eigenvalue weighted by Crippen LogP contribution is -2.40. The zero-order valence-corrected chi connectivity index (χ0v) is 16.2. The molecule has 8 heteroatoms. The minimum atomic E-state index is -3.14. The van der Waals surface area contributed by atoms with Gasteiger partial charge in [0.2, 0.25) is 21.8 Å². The SMILES string of the molecule is CCCCS(=O)(=O)N1CCC2(CC1)CC2c1nnc(-c2cccc(F)c2)o1. The average Bonchev–Trinajstić information content (AvgIpc) is 3.13. The molecule has 1 unspecified atom stereocenters. The Hall–Kier alpha value is -1.80. The Labute approximate surface area is 158 Å². The fourth-order valence-electron chi connectivity index (χ4n) is 4.03. The summed E-state index contributed by atoms with van der Waals surface area (Å²) in [4.78, 5) is 0. The molecule has 27 heavy (non-hydrogen) atoms. The van der Waals surface area contributed by atoms with E-state index >= 15 is 0 Å². The van der Waals surface area contributed by atoms with Crippen molar-refractivity contribution in [1.29, 1.82) is 0 Å². The topological polar surface area (TPSA) is 76.3 Å². The lowest BCUT2D eigenvalue weighted by atomic mass is 9.92. The molecule has 4 rings (SSSR count). The van der Waals surface area contributed by atoms with Crippen LogP contribution in [-0.4, -0.2) is 41.8 Å². The van der Waals surface area contributed by atoms with Crippen molar-refractivity contribution in [3.8, 4) is 11.5 Å². The van der Waals surface area contributed by atoms with Crippen LogP contribution in [-0.2, 0) is 10.0 Å². The second-order valence-electron chi connectivity index (χ2n) is 7.64. The summed E-state index contributed by atoms with van der Waals surface area (Å²) in [6.45, 7) is 3.12. The van der Waals surface area contributed by atoms with Crippen LogP contribution in [0.1, 0.15) is 50.8 Å². The van der Waals surface area contributed by atoms with Crippen LogP contribution in [0.5, 0.6) is 0 Å². The van der Waals surface area contributed by atoms with Gasteiger partial charge in [0.1, 0.15) is 5.82 Å². The molecule has 1 aromatic carbocycles. The average molecular weight is 393 g/mol. The van der Waals surface area contributed by atoms with Crippen LogP contribution in [0.3, 0.4) is 0 Å². The molecule has 1 aromatic heterocycles. The van der Waals surface area contributed by atoms with E-state index in [-0.39, 0.29) is 22.9 Å². The molecule has 1 saturated heterocycles. The number of aromatic nitrogens is 2. The molecular formula is C19H24FN3O3S. The van der Waals surface area contributed by atoms with Crippen LogP contribution in [0.2, 0.25) is 0 Å². The Morgan fingerprint density at radius 3 is 2.78 bits per heavy atom. The molecule has 0 bridgehead atoms. The third-order valence-corrected chi connectivity index (χ3v) is 7.82. The van der Waals surface area contributed by atoms with Gasteiger partial charge in [-0.05, 0) is 49.3 Å². The van der Waals surface area contributed by atoms with Crippen molar-refractivity contribution >= 4 is 10.0 Å². The van der Waals surface area contributed by atoms with E-state index in [4.69, 9.17) is 4.42 Å². The van der Waals surface area contributed by atoms with E-state index in [1.807, 2.05) is 6.92 Å². The van der Waals surface area contributed by atoms with E-state index in [0.717, 1.165) is 25.7 Å². The minimum absolute atomic E-state index is 0.0719. The van der Waals surface area contributed by atoms with Crippen molar-refractivity contribution in [2.75, 3.05) is 18.8 Å². The van der Waals surface area contributed by atoms with Crippen LogP contribution in [0, 0.1) is 11.2 Å². The first-order valence-electron chi connectivity index (χ1n) is 9.51. The Morgan fingerprint density at radius 1 is 1.30 bits per heavy atom. The molecular weight excluding hydrogens is 369 g/mol. The van der Waals surface area contributed by atoms with Crippen LogP contribution in [0.4, 0.5) is 4.39 Å². The first-order valence-corrected chi connectivity index (χ1v) is 11.1. The first-order chi connectivity index (χ1) is 12.9. The van der Waals surface area contributed by atoms with Crippen molar-refractivity contribution in [3.63, 3.8) is 0 Å². The lowest BCUT2D eigenvalue weighted by Gasteiger charge is -2.31. The molecule has 2 aromatic rings. The van der Waals surface area contributed by atoms with Crippen molar-refractivity contribution in [2.45, 2.75) is 44.9 Å². The maximum absolute atomic E-state index is 13.4. The minimum Gasteiger partial charge on any atom is -0.420 e. The Morgan fingerprint density at radius 2 is 2.07 bits per heavy atom. The summed E-state index contributed by atoms with van der Waals surface area (Å²) in [6, 6.07) is 6.10.